The molecule has 2 aromatic carbocycles. The van der Waals surface area contributed by atoms with Gasteiger partial charge in [0.2, 0.25) is 5.91 Å². The van der Waals surface area contributed by atoms with Crippen LogP contribution in [0.3, 0.4) is 0 Å². The van der Waals surface area contributed by atoms with Crippen molar-refractivity contribution in [3.63, 3.8) is 0 Å². The van der Waals surface area contributed by atoms with Crippen molar-refractivity contribution >= 4 is 41.5 Å². The lowest BCUT2D eigenvalue weighted by Crippen LogP contribution is -2.48. The number of hydrogen-bond acceptors (Lipinski definition) is 3. The first-order chi connectivity index (χ1) is 14.6. The van der Waals surface area contributed by atoms with Gasteiger partial charge in [0.05, 0.1) is 0 Å². The van der Waals surface area contributed by atoms with Gasteiger partial charge >= 0.3 is 0 Å². The molecule has 1 fully saturated rings. The molecule has 0 aromatic heterocycles. The monoisotopic (exact) mass is 539 g/mol. The Morgan fingerprint density at radius 3 is 2.42 bits per heavy atom. The standard InChI is InChI=1S/C23H30FN5O.HI/c1-2-25-23(26-16-22(30)27-20-10-8-19(24)9-11-20)28-21-12-14-29(15-13-21)17-18-6-4-3-5-7-18;/h3-11,21H,2,12-17H2,1H3,(H,27,30)(H2,25,26,28);1H. The largest absolute Gasteiger partial charge is 0.357 e. The number of likely N-dealkylation sites (tertiary alicyclic amines) is 1. The van der Waals surface area contributed by atoms with Crippen molar-refractivity contribution in [1.29, 1.82) is 0 Å². The number of hydrogen-bond donors (Lipinski definition) is 3. The number of benzene rings is 2. The molecule has 31 heavy (non-hydrogen) atoms. The van der Waals surface area contributed by atoms with E-state index in [0.29, 0.717) is 17.7 Å². The fourth-order valence-electron chi connectivity index (χ4n) is 3.48. The number of piperidine rings is 1. The molecular weight excluding hydrogens is 508 g/mol. The number of rotatable bonds is 7. The maximum atomic E-state index is 13.0. The van der Waals surface area contributed by atoms with E-state index in [-0.39, 0.29) is 42.2 Å². The Kier molecular flexibility index (Phi) is 10.7. The first kappa shape index (κ1) is 25.1. The predicted molar refractivity (Wildman–Crippen MR) is 134 cm³/mol. The lowest BCUT2D eigenvalue weighted by atomic mass is 10.0. The van der Waals surface area contributed by atoms with Crippen LogP contribution in [-0.4, -0.2) is 49.0 Å². The molecule has 1 aliphatic heterocycles. The molecule has 8 heteroatoms. The van der Waals surface area contributed by atoms with Crippen molar-refractivity contribution in [2.45, 2.75) is 32.4 Å². The summed E-state index contributed by atoms with van der Waals surface area (Å²) in [6, 6.07) is 16.5. The number of nitrogens with one attached hydrogen (secondary N) is 3. The summed E-state index contributed by atoms with van der Waals surface area (Å²) >= 11 is 0. The molecule has 6 nitrogen and oxygen atoms in total. The third-order valence-electron chi connectivity index (χ3n) is 5.03. The zero-order chi connectivity index (χ0) is 21.2. The molecule has 0 unspecified atom stereocenters. The predicted octanol–water partition coefficient (Wildman–Crippen LogP) is 3.60. The summed E-state index contributed by atoms with van der Waals surface area (Å²) in [5, 5.41) is 9.38. The molecule has 1 aliphatic rings. The molecule has 0 radical (unpaired) electrons. The third kappa shape index (κ3) is 8.82. The Balaban J connectivity index is 0.00000341. The van der Waals surface area contributed by atoms with Crippen LogP contribution in [0, 0.1) is 5.82 Å². The van der Waals surface area contributed by atoms with Gasteiger partial charge in [-0.05, 0) is 49.6 Å². The molecule has 3 rings (SSSR count). The molecule has 168 valence electrons. The smallest absolute Gasteiger partial charge is 0.246 e. The van der Waals surface area contributed by atoms with E-state index in [0.717, 1.165) is 39.0 Å². The van der Waals surface area contributed by atoms with E-state index in [2.05, 4.69) is 50.1 Å². The maximum Gasteiger partial charge on any atom is 0.246 e. The quantitative estimate of drug-likeness (QED) is 0.286. The van der Waals surface area contributed by atoms with Gasteiger partial charge in [0.1, 0.15) is 12.4 Å². The Morgan fingerprint density at radius 2 is 1.77 bits per heavy atom. The zero-order valence-electron chi connectivity index (χ0n) is 17.8. The van der Waals surface area contributed by atoms with Crippen LogP contribution in [0.15, 0.2) is 59.6 Å². The number of anilines is 1. The van der Waals surface area contributed by atoms with Crippen LogP contribution in [0.4, 0.5) is 10.1 Å². The molecule has 1 amide bonds. The molecule has 0 saturated carbocycles. The number of halogens is 2. The molecule has 0 aliphatic carbocycles. The van der Waals surface area contributed by atoms with Crippen LogP contribution in [0.1, 0.15) is 25.3 Å². The van der Waals surface area contributed by atoms with Crippen molar-refractivity contribution in [2.24, 2.45) is 4.99 Å². The second kappa shape index (κ2) is 13.3. The highest BCUT2D eigenvalue weighted by Gasteiger charge is 2.20. The fourth-order valence-corrected chi connectivity index (χ4v) is 3.48. The molecule has 2 aromatic rings. The summed E-state index contributed by atoms with van der Waals surface area (Å²) in [6.45, 7) is 5.75. The lowest BCUT2D eigenvalue weighted by molar-refractivity contribution is -0.114. The summed E-state index contributed by atoms with van der Waals surface area (Å²) in [5.41, 5.74) is 1.89. The molecule has 1 saturated heterocycles. The second-order valence-corrected chi connectivity index (χ2v) is 7.43. The van der Waals surface area contributed by atoms with Gasteiger partial charge in [0.25, 0.3) is 0 Å². The van der Waals surface area contributed by atoms with Crippen LogP contribution in [-0.2, 0) is 11.3 Å². The van der Waals surface area contributed by atoms with E-state index in [4.69, 9.17) is 0 Å². The summed E-state index contributed by atoms with van der Waals surface area (Å²) in [6.07, 6.45) is 2.05. The zero-order valence-corrected chi connectivity index (χ0v) is 20.1. The minimum Gasteiger partial charge on any atom is -0.357 e. The number of carbonyl (C=O) groups excluding carboxylic acids is 1. The van der Waals surface area contributed by atoms with Gasteiger partial charge in [-0.3, -0.25) is 9.69 Å². The van der Waals surface area contributed by atoms with E-state index in [9.17, 15) is 9.18 Å². The van der Waals surface area contributed by atoms with E-state index in [1.807, 2.05) is 13.0 Å². The Hall–Kier alpha value is -2.20. The van der Waals surface area contributed by atoms with Gasteiger partial charge in [0.15, 0.2) is 5.96 Å². The van der Waals surface area contributed by atoms with Gasteiger partial charge in [-0.25, -0.2) is 9.38 Å². The highest BCUT2D eigenvalue weighted by atomic mass is 127. The molecule has 0 atom stereocenters. The van der Waals surface area contributed by atoms with Crippen LogP contribution in [0.5, 0.6) is 0 Å². The molecular formula is C23H31FIN5O. The number of guanidine groups is 1. The minimum atomic E-state index is -0.334. The van der Waals surface area contributed by atoms with Gasteiger partial charge < -0.3 is 16.0 Å². The van der Waals surface area contributed by atoms with Crippen LogP contribution in [0.2, 0.25) is 0 Å². The van der Waals surface area contributed by atoms with Gasteiger partial charge in [0, 0.05) is 37.9 Å². The number of aliphatic imine (C=N–C) groups is 1. The van der Waals surface area contributed by atoms with E-state index in [1.54, 1.807) is 0 Å². The number of nitrogens with zero attached hydrogens (tertiary/aromatic N) is 2. The van der Waals surface area contributed by atoms with E-state index in [1.165, 1.54) is 29.8 Å². The first-order valence-corrected chi connectivity index (χ1v) is 10.5. The lowest BCUT2D eigenvalue weighted by Gasteiger charge is -2.33. The third-order valence-corrected chi connectivity index (χ3v) is 5.03. The van der Waals surface area contributed by atoms with Crippen molar-refractivity contribution in [3.8, 4) is 0 Å². The maximum absolute atomic E-state index is 13.0. The average molecular weight is 539 g/mol. The normalized spacial score (nSPS) is 15.1. The highest BCUT2D eigenvalue weighted by Crippen LogP contribution is 2.14. The first-order valence-electron chi connectivity index (χ1n) is 10.5. The number of amides is 1. The Labute approximate surface area is 200 Å². The van der Waals surface area contributed by atoms with Gasteiger partial charge in [-0.1, -0.05) is 30.3 Å². The van der Waals surface area contributed by atoms with Crippen LogP contribution in [0.25, 0.3) is 0 Å². The topological polar surface area (TPSA) is 68.8 Å². The Bertz CT molecular complexity index is 824. The Morgan fingerprint density at radius 1 is 1.10 bits per heavy atom. The van der Waals surface area contributed by atoms with Crippen molar-refractivity contribution in [1.82, 2.24) is 15.5 Å². The van der Waals surface area contributed by atoms with Crippen molar-refractivity contribution in [3.05, 3.63) is 66.0 Å². The molecule has 0 bridgehead atoms. The van der Waals surface area contributed by atoms with Crippen LogP contribution >= 0.6 is 24.0 Å². The average Bonchev–Trinajstić information content (AvgIpc) is 2.76. The molecule has 0 spiro atoms. The minimum absolute atomic E-state index is 0. The summed E-state index contributed by atoms with van der Waals surface area (Å²) < 4.78 is 13.0. The van der Waals surface area contributed by atoms with Gasteiger partial charge in [-0.2, -0.15) is 0 Å². The summed E-state index contributed by atoms with van der Waals surface area (Å²) in [7, 11) is 0. The van der Waals surface area contributed by atoms with Crippen molar-refractivity contribution < 1.29 is 9.18 Å². The molecule has 3 N–H and O–H groups in total. The van der Waals surface area contributed by atoms with Crippen LogP contribution < -0.4 is 16.0 Å². The molecule has 1 heterocycles. The van der Waals surface area contributed by atoms with Crippen molar-refractivity contribution in [2.75, 3.05) is 31.5 Å². The highest BCUT2D eigenvalue weighted by molar-refractivity contribution is 14.0. The SMILES string of the molecule is CCNC(=NCC(=O)Nc1ccc(F)cc1)NC1CCN(Cc2ccccc2)CC1.I. The van der Waals surface area contributed by atoms with E-state index < -0.39 is 0 Å². The number of carbonyl (C=O) groups is 1. The summed E-state index contributed by atoms with van der Waals surface area (Å²) in [4.78, 5) is 19.0. The van der Waals surface area contributed by atoms with E-state index >= 15 is 0 Å². The fraction of sp³-hybridized carbons (Fsp3) is 0.391. The van der Waals surface area contributed by atoms with Gasteiger partial charge in [-0.15, -0.1) is 24.0 Å². The summed E-state index contributed by atoms with van der Waals surface area (Å²) in [5.74, 6) is 0.0734. The second-order valence-electron chi connectivity index (χ2n) is 7.43.